The van der Waals surface area contributed by atoms with Gasteiger partial charge in [-0.3, -0.25) is 0 Å². The molecule has 0 aliphatic heterocycles. The summed E-state index contributed by atoms with van der Waals surface area (Å²) in [6.45, 7) is 2.83. The summed E-state index contributed by atoms with van der Waals surface area (Å²) < 4.78 is 9.89. The maximum Gasteiger partial charge on any atom is 0.327 e. The van der Waals surface area contributed by atoms with Crippen LogP contribution in [0.15, 0.2) is 24.3 Å². The highest BCUT2D eigenvalue weighted by molar-refractivity contribution is 7.99. The van der Waals surface area contributed by atoms with Crippen LogP contribution in [-0.2, 0) is 14.3 Å². The van der Waals surface area contributed by atoms with E-state index in [0.717, 1.165) is 12.0 Å². The molecule has 1 unspecified atom stereocenters. The van der Waals surface area contributed by atoms with E-state index in [1.54, 1.807) is 24.9 Å². The standard InChI is InChI=1S/C15H22ClNO3S/c1-11(21-10-19-2)8-9-17-14(15(18)20-3)12-6-4-5-7-13(12)16/h4-7,11,14,17H,8-10H2,1-3H3/t11?,14-/m0/s1. The van der Waals surface area contributed by atoms with Crippen molar-refractivity contribution in [1.82, 2.24) is 5.32 Å². The Kier molecular flexibility index (Phi) is 8.76. The molecule has 21 heavy (non-hydrogen) atoms. The fourth-order valence-corrected chi connectivity index (χ4v) is 2.74. The van der Waals surface area contributed by atoms with Crippen molar-refractivity contribution in [2.45, 2.75) is 24.6 Å². The quantitative estimate of drug-likeness (QED) is 0.556. The number of carbonyl (C=O) groups is 1. The van der Waals surface area contributed by atoms with Crippen LogP contribution >= 0.6 is 23.4 Å². The number of ether oxygens (including phenoxy) is 2. The molecule has 1 N–H and O–H groups in total. The summed E-state index contributed by atoms with van der Waals surface area (Å²) in [6, 6.07) is 6.76. The van der Waals surface area contributed by atoms with Crippen molar-refractivity contribution in [2.24, 2.45) is 0 Å². The van der Waals surface area contributed by atoms with E-state index < -0.39 is 6.04 Å². The third-order valence-electron chi connectivity index (χ3n) is 3.02. The van der Waals surface area contributed by atoms with Crippen molar-refractivity contribution >= 4 is 29.3 Å². The first kappa shape index (κ1) is 18.3. The van der Waals surface area contributed by atoms with E-state index in [2.05, 4.69) is 12.2 Å². The van der Waals surface area contributed by atoms with Gasteiger partial charge in [-0.15, -0.1) is 11.8 Å². The van der Waals surface area contributed by atoms with Crippen LogP contribution in [0.5, 0.6) is 0 Å². The average molecular weight is 332 g/mol. The maximum absolute atomic E-state index is 11.9. The summed E-state index contributed by atoms with van der Waals surface area (Å²) in [5.74, 6) is 0.340. The van der Waals surface area contributed by atoms with Crippen LogP contribution in [0.25, 0.3) is 0 Å². The number of methoxy groups -OCH3 is 2. The monoisotopic (exact) mass is 331 g/mol. The Bertz CT molecular complexity index is 445. The van der Waals surface area contributed by atoms with Crippen molar-refractivity contribution in [3.05, 3.63) is 34.9 Å². The summed E-state index contributed by atoms with van der Waals surface area (Å²) in [5, 5.41) is 4.23. The highest BCUT2D eigenvalue weighted by Crippen LogP contribution is 2.24. The van der Waals surface area contributed by atoms with E-state index in [1.165, 1.54) is 7.11 Å². The first-order valence-corrected chi connectivity index (χ1v) is 8.19. The first-order valence-electron chi connectivity index (χ1n) is 6.76. The number of benzene rings is 1. The molecule has 1 rings (SSSR count). The van der Waals surface area contributed by atoms with Crippen LogP contribution in [0, 0.1) is 0 Å². The van der Waals surface area contributed by atoms with E-state index in [9.17, 15) is 4.79 Å². The Morgan fingerprint density at radius 3 is 2.71 bits per heavy atom. The SMILES string of the molecule is COCSC(C)CCN[C@H](C(=O)OC)c1ccccc1Cl. The zero-order valence-electron chi connectivity index (χ0n) is 12.6. The Morgan fingerprint density at radius 2 is 2.10 bits per heavy atom. The molecule has 0 heterocycles. The van der Waals surface area contributed by atoms with E-state index in [1.807, 2.05) is 18.2 Å². The van der Waals surface area contributed by atoms with Gasteiger partial charge in [0.25, 0.3) is 0 Å². The van der Waals surface area contributed by atoms with Crippen molar-refractivity contribution in [2.75, 3.05) is 26.7 Å². The summed E-state index contributed by atoms with van der Waals surface area (Å²) in [6.07, 6.45) is 0.923. The molecule has 0 radical (unpaired) electrons. The zero-order valence-corrected chi connectivity index (χ0v) is 14.2. The second-order valence-electron chi connectivity index (χ2n) is 4.60. The molecule has 118 valence electrons. The molecule has 2 atom stereocenters. The second-order valence-corrected chi connectivity index (χ2v) is 6.39. The molecule has 1 aromatic rings. The normalized spacial score (nSPS) is 13.7. The lowest BCUT2D eigenvalue weighted by molar-refractivity contribution is -0.143. The van der Waals surface area contributed by atoms with Gasteiger partial charge in [-0.05, 0) is 24.6 Å². The molecule has 0 bridgehead atoms. The third kappa shape index (κ3) is 6.26. The number of esters is 1. The van der Waals surface area contributed by atoms with Crippen molar-refractivity contribution < 1.29 is 14.3 Å². The molecule has 0 fully saturated rings. The van der Waals surface area contributed by atoms with Crippen LogP contribution in [-0.4, -0.2) is 37.9 Å². The topological polar surface area (TPSA) is 47.6 Å². The minimum atomic E-state index is -0.539. The Morgan fingerprint density at radius 1 is 1.38 bits per heavy atom. The maximum atomic E-state index is 11.9. The molecular formula is C15H22ClNO3S. The third-order valence-corrected chi connectivity index (χ3v) is 4.54. The van der Waals surface area contributed by atoms with Gasteiger partial charge in [-0.1, -0.05) is 36.7 Å². The highest BCUT2D eigenvalue weighted by Gasteiger charge is 2.22. The fourth-order valence-electron chi connectivity index (χ4n) is 1.85. The van der Waals surface area contributed by atoms with Gasteiger partial charge in [0, 0.05) is 17.4 Å². The Labute approximate surface area is 135 Å². The molecule has 0 saturated carbocycles. The predicted molar refractivity (Wildman–Crippen MR) is 87.8 cm³/mol. The van der Waals surface area contributed by atoms with Crippen LogP contribution in [0.2, 0.25) is 5.02 Å². The molecule has 4 nitrogen and oxygen atoms in total. The zero-order chi connectivity index (χ0) is 15.7. The summed E-state index contributed by atoms with van der Waals surface area (Å²) in [5.41, 5.74) is 0.739. The molecule has 0 saturated heterocycles. The fraction of sp³-hybridized carbons (Fsp3) is 0.533. The van der Waals surface area contributed by atoms with Crippen LogP contribution in [0.3, 0.4) is 0 Å². The number of hydrogen-bond acceptors (Lipinski definition) is 5. The van der Waals surface area contributed by atoms with Gasteiger partial charge in [-0.2, -0.15) is 0 Å². The summed E-state index contributed by atoms with van der Waals surface area (Å²) >= 11 is 7.90. The van der Waals surface area contributed by atoms with E-state index >= 15 is 0 Å². The second kappa shape index (κ2) is 10.1. The number of carbonyl (C=O) groups excluding carboxylic acids is 1. The summed E-state index contributed by atoms with van der Waals surface area (Å²) in [4.78, 5) is 11.9. The van der Waals surface area contributed by atoms with Gasteiger partial charge in [0.2, 0.25) is 0 Å². The molecule has 0 amide bonds. The molecule has 0 spiro atoms. The van der Waals surface area contributed by atoms with Gasteiger partial charge in [-0.25, -0.2) is 4.79 Å². The van der Waals surface area contributed by atoms with Crippen LogP contribution in [0.4, 0.5) is 0 Å². The van der Waals surface area contributed by atoms with E-state index in [-0.39, 0.29) is 5.97 Å². The van der Waals surface area contributed by atoms with Gasteiger partial charge in [0.15, 0.2) is 0 Å². The molecule has 6 heteroatoms. The van der Waals surface area contributed by atoms with Gasteiger partial charge < -0.3 is 14.8 Å². The summed E-state index contributed by atoms with van der Waals surface area (Å²) in [7, 11) is 3.06. The van der Waals surface area contributed by atoms with Gasteiger partial charge in [0.1, 0.15) is 6.04 Å². The Balaban J connectivity index is 2.60. The number of halogens is 1. The lowest BCUT2D eigenvalue weighted by atomic mass is 10.1. The van der Waals surface area contributed by atoms with Crippen molar-refractivity contribution in [3.63, 3.8) is 0 Å². The Hall–Kier alpha value is -0.750. The van der Waals surface area contributed by atoms with E-state index in [0.29, 0.717) is 22.8 Å². The number of nitrogens with one attached hydrogen (secondary N) is 1. The minimum Gasteiger partial charge on any atom is -0.468 e. The number of rotatable bonds is 9. The number of hydrogen-bond donors (Lipinski definition) is 1. The average Bonchev–Trinajstić information content (AvgIpc) is 2.50. The smallest absolute Gasteiger partial charge is 0.327 e. The van der Waals surface area contributed by atoms with Crippen LogP contribution in [0.1, 0.15) is 24.9 Å². The lowest BCUT2D eigenvalue weighted by Crippen LogP contribution is -2.31. The van der Waals surface area contributed by atoms with Crippen LogP contribution < -0.4 is 5.32 Å². The highest BCUT2D eigenvalue weighted by atomic mass is 35.5. The predicted octanol–water partition coefficient (Wildman–Crippen LogP) is 3.26. The molecular weight excluding hydrogens is 310 g/mol. The number of thioether (sulfide) groups is 1. The largest absolute Gasteiger partial charge is 0.468 e. The molecule has 1 aromatic carbocycles. The molecule has 0 aliphatic rings. The van der Waals surface area contributed by atoms with Gasteiger partial charge >= 0.3 is 5.97 Å². The minimum absolute atomic E-state index is 0.333. The molecule has 0 aliphatic carbocycles. The molecule has 0 aromatic heterocycles. The van der Waals surface area contributed by atoms with Crippen molar-refractivity contribution in [1.29, 1.82) is 0 Å². The first-order chi connectivity index (χ1) is 10.1. The lowest BCUT2D eigenvalue weighted by Gasteiger charge is -2.19. The van der Waals surface area contributed by atoms with Gasteiger partial charge in [0.05, 0.1) is 13.0 Å². The van der Waals surface area contributed by atoms with E-state index in [4.69, 9.17) is 21.1 Å². The van der Waals surface area contributed by atoms with Crippen molar-refractivity contribution in [3.8, 4) is 0 Å².